The predicted octanol–water partition coefficient (Wildman–Crippen LogP) is 1.70. The van der Waals surface area contributed by atoms with Crippen LogP contribution in [0.5, 0.6) is 0 Å². The van der Waals surface area contributed by atoms with E-state index in [1.54, 1.807) is 11.7 Å². The van der Waals surface area contributed by atoms with Crippen LogP contribution in [0.1, 0.15) is 28.7 Å². The minimum absolute atomic E-state index is 0.395. The molecule has 0 radical (unpaired) electrons. The van der Waals surface area contributed by atoms with Crippen molar-refractivity contribution in [1.82, 2.24) is 4.57 Å². The van der Waals surface area contributed by atoms with Gasteiger partial charge >= 0.3 is 5.97 Å². The zero-order chi connectivity index (χ0) is 11.4. The summed E-state index contributed by atoms with van der Waals surface area (Å²) in [5, 5.41) is 9.13. The number of hydrogen-bond acceptors (Lipinski definition) is 2. The van der Waals surface area contributed by atoms with E-state index < -0.39 is 5.97 Å². The molecule has 0 unspecified atom stereocenters. The average Bonchev–Trinajstić information content (AvgIpc) is 2.52. The first-order valence-corrected chi connectivity index (χ1v) is 5.03. The van der Waals surface area contributed by atoms with Gasteiger partial charge in [-0.3, -0.25) is 0 Å². The lowest BCUT2D eigenvalue weighted by atomic mass is 10.2. The Kier molecular flexibility index (Phi) is 3.91. The third-order valence-electron chi connectivity index (χ3n) is 2.49. The standard InChI is InChI=1S/C11H17NO3/c1-4-9-7-8(2)12(5-6-15-3)10(9)11(13)14/h7H,4-6H2,1-3H3,(H,13,14). The Bertz CT molecular complexity index is 355. The van der Waals surface area contributed by atoms with Crippen LogP contribution in [-0.4, -0.2) is 29.4 Å². The van der Waals surface area contributed by atoms with E-state index in [1.165, 1.54) is 0 Å². The van der Waals surface area contributed by atoms with Crippen LogP contribution in [0.2, 0.25) is 0 Å². The number of carboxylic acid groups (broad SMARTS) is 1. The van der Waals surface area contributed by atoms with Crippen LogP contribution in [0, 0.1) is 6.92 Å². The molecule has 1 aromatic heterocycles. The quantitative estimate of drug-likeness (QED) is 0.806. The van der Waals surface area contributed by atoms with Crippen LogP contribution < -0.4 is 0 Å². The van der Waals surface area contributed by atoms with Gasteiger partial charge in [0.05, 0.1) is 6.61 Å². The Labute approximate surface area is 89.5 Å². The van der Waals surface area contributed by atoms with Crippen molar-refractivity contribution in [3.05, 3.63) is 23.0 Å². The van der Waals surface area contributed by atoms with Crippen molar-refractivity contribution < 1.29 is 14.6 Å². The van der Waals surface area contributed by atoms with Crippen molar-refractivity contribution in [3.8, 4) is 0 Å². The number of ether oxygens (including phenoxy) is 1. The van der Waals surface area contributed by atoms with Crippen LogP contribution in [0.3, 0.4) is 0 Å². The molecule has 0 aliphatic carbocycles. The summed E-state index contributed by atoms with van der Waals surface area (Å²) < 4.78 is 6.76. The molecule has 0 aliphatic rings. The van der Waals surface area contributed by atoms with Crippen LogP contribution in [0.25, 0.3) is 0 Å². The SMILES string of the molecule is CCc1cc(C)n(CCOC)c1C(=O)O. The Morgan fingerprint density at radius 1 is 1.60 bits per heavy atom. The largest absolute Gasteiger partial charge is 0.477 e. The summed E-state index contributed by atoms with van der Waals surface area (Å²) in [6, 6.07) is 1.93. The molecule has 0 saturated carbocycles. The minimum atomic E-state index is -0.865. The Hall–Kier alpha value is -1.29. The number of rotatable bonds is 5. The molecule has 84 valence electrons. The molecule has 1 aromatic rings. The second kappa shape index (κ2) is 4.98. The van der Waals surface area contributed by atoms with Crippen LogP contribution in [0.4, 0.5) is 0 Å². The lowest BCUT2D eigenvalue weighted by molar-refractivity contribution is 0.0681. The highest BCUT2D eigenvalue weighted by molar-refractivity contribution is 5.88. The number of methoxy groups -OCH3 is 1. The van der Waals surface area contributed by atoms with Gasteiger partial charge in [0.15, 0.2) is 0 Å². The fourth-order valence-electron chi connectivity index (χ4n) is 1.74. The normalized spacial score (nSPS) is 10.6. The summed E-state index contributed by atoms with van der Waals surface area (Å²) in [5.74, 6) is -0.865. The van der Waals surface area contributed by atoms with E-state index in [0.29, 0.717) is 18.8 Å². The second-order valence-corrected chi connectivity index (χ2v) is 3.46. The van der Waals surface area contributed by atoms with Gasteiger partial charge in [-0.05, 0) is 25.0 Å². The fourth-order valence-corrected chi connectivity index (χ4v) is 1.74. The molecular formula is C11H17NO3. The molecule has 0 fully saturated rings. The van der Waals surface area contributed by atoms with Crippen molar-refractivity contribution in [2.75, 3.05) is 13.7 Å². The van der Waals surface area contributed by atoms with Gasteiger partial charge in [-0.1, -0.05) is 6.92 Å². The Morgan fingerprint density at radius 2 is 2.27 bits per heavy atom. The highest BCUT2D eigenvalue weighted by Gasteiger charge is 2.17. The Balaban J connectivity index is 3.10. The molecule has 15 heavy (non-hydrogen) atoms. The molecule has 1 N–H and O–H groups in total. The molecule has 4 nitrogen and oxygen atoms in total. The van der Waals surface area contributed by atoms with E-state index in [1.807, 2.05) is 19.9 Å². The highest BCUT2D eigenvalue weighted by Crippen LogP contribution is 2.16. The summed E-state index contributed by atoms with van der Waals surface area (Å²) in [5.41, 5.74) is 2.25. The number of aromatic carboxylic acids is 1. The van der Waals surface area contributed by atoms with E-state index >= 15 is 0 Å². The lowest BCUT2D eigenvalue weighted by Crippen LogP contribution is -2.14. The van der Waals surface area contributed by atoms with Crippen LogP contribution in [-0.2, 0) is 17.7 Å². The number of carbonyl (C=O) groups is 1. The molecule has 0 aliphatic heterocycles. The summed E-state index contributed by atoms with van der Waals surface area (Å²) in [6.45, 7) is 4.99. The van der Waals surface area contributed by atoms with Gasteiger partial charge in [0.25, 0.3) is 0 Å². The first kappa shape index (κ1) is 11.8. The van der Waals surface area contributed by atoms with Gasteiger partial charge in [0.1, 0.15) is 5.69 Å². The van der Waals surface area contributed by atoms with E-state index in [9.17, 15) is 4.79 Å². The number of aromatic nitrogens is 1. The van der Waals surface area contributed by atoms with Gasteiger partial charge in [0.2, 0.25) is 0 Å². The van der Waals surface area contributed by atoms with Crippen molar-refractivity contribution >= 4 is 5.97 Å². The van der Waals surface area contributed by atoms with Crippen LogP contribution >= 0.6 is 0 Å². The summed E-state index contributed by atoms with van der Waals surface area (Å²) >= 11 is 0. The van der Waals surface area contributed by atoms with Crippen molar-refractivity contribution in [2.24, 2.45) is 0 Å². The molecule has 1 rings (SSSR count). The maximum atomic E-state index is 11.1. The summed E-state index contributed by atoms with van der Waals surface area (Å²) in [4.78, 5) is 11.1. The summed E-state index contributed by atoms with van der Waals surface area (Å²) in [7, 11) is 1.61. The summed E-state index contributed by atoms with van der Waals surface area (Å²) in [6.07, 6.45) is 0.739. The van der Waals surface area contributed by atoms with Crippen molar-refractivity contribution in [1.29, 1.82) is 0 Å². The number of aryl methyl sites for hydroxylation is 2. The average molecular weight is 211 g/mol. The zero-order valence-electron chi connectivity index (χ0n) is 9.41. The second-order valence-electron chi connectivity index (χ2n) is 3.46. The van der Waals surface area contributed by atoms with E-state index in [-0.39, 0.29) is 0 Å². The monoisotopic (exact) mass is 211 g/mol. The fraction of sp³-hybridized carbons (Fsp3) is 0.545. The zero-order valence-corrected chi connectivity index (χ0v) is 9.41. The van der Waals surface area contributed by atoms with Gasteiger partial charge in [-0.15, -0.1) is 0 Å². The molecule has 1 heterocycles. The van der Waals surface area contributed by atoms with Crippen molar-refractivity contribution in [3.63, 3.8) is 0 Å². The van der Waals surface area contributed by atoms with Gasteiger partial charge in [-0.2, -0.15) is 0 Å². The molecular weight excluding hydrogens is 194 g/mol. The number of nitrogens with zero attached hydrogens (tertiary/aromatic N) is 1. The molecule has 0 amide bonds. The number of hydrogen-bond donors (Lipinski definition) is 1. The molecule has 0 aromatic carbocycles. The predicted molar refractivity (Wildman–Crippen MR) is 57.4 cm³/mol. The topological polar surface area (TPSA) is 51.5 Å². The van der Waals surface area contributed by atoms with Gasteiger partial charge in [0, 0.05) is 19.3 Å². The van der Waals surface area contributed by atoms with Crippen LogP contribution in [0.15, 0.2) is 6.07 Å². The molecule has 0 atom stereocenters. The van der Waals surface area contributed by atoms with Crippen molar-refractivity contribution in [2.45, 2.75) is 26.8 Å². The molecule has 4 heteroatoms. The Morgan fingerprint density at radius 3 is 2.73 bits per heavy atom. The highest BCUT2D eigenvalue weighted by atomic mass is 16.5. The molecule has 0 bridgehead atoms. The van der Waals surface area contributed by atoms with Gasteiger partial charge < -0.3 is 14.4 Å². The first-order valence-electron chi connectivity index (χ1n) is 5.03. The maximum absolute atomic E-state index is 11.1. The lowest BCUT2D eigenvalue weighted by Gasteiger charge is -2.08. The van der Waals surface area contributed by atoms with E-state index in [2.05, 4.69) is 0 Å². The third kappa shape index (κ3) is 2.39. The van der Waals surface area contributed by atoms with Gasteiger partial charge in [-0.25, -0.2) is 4.79 Å². The molecule has 0 spiro atoms. The number of carboxylic acids is 1. The first-order chi connectivity index (χ1) is 7.11. The van der Waals surface area contributed by atoms with E-state index in [0.717, 1.165) is 17.7 Å². The maximum Gasteiger partial charge on any atom is 0.352 e. The minimum Gasteiger partial charge on any atom is -0.477 e. The van der Waals surface area contributed by atoms with E-state index in [4.69, 9.17) is 9.84 Å². The molecule has 0 saturated heterocycles. The smallest absolute Gasteiger partial charge is 0.352 e. The third-order valence-corrected chi connectivity index (χ3v) is 2.49.